The van der Waals surface area contributed by atoms with E-state index in [1.807, 2.05) is 0 Å². The zero-order valence-corrected chi connectivity index (χ0v) is 17.6. The standard InChI is InChI=1S/C19H18N2O8S2/c20-21-19(17(22)11-5-13-1-7-15(8-2-13)30(24,25)26)18(23)12-6-14-3-9-16(10-4-14)31(27,28)29/h1-4,7-10H,5-6,11-12H2,(H,24,25,26)(H,27,28,29). The molecule has 31 heavy (non-hydrogen) atoms. The van der Waals surface area contributed by atoms with Gasteiger partial charge < -0.3 is 5.53 Å². The van der Waals surface area contributed by atoms with Crippen LogP contribution >= 0.6 is 0 Å². The van der Waals surface area contributed by atoms with E-state index in [2.05, 4.69) is 4.79 Å². The first-order valence-corrected chi connectivity index (χ1v) is 11.7. The minimum absolute atomic E-state index is 0.147. The smallest absolute Gasteiger partial charge is 0.360 e. The molecule has 0 aliphatic heterocycles. The largest absolute Gasteiger partial charge is 0.400 e. The minimum Gasteiger partial charge on any atom is -0.360 e. The molecule has 0 atom stereocenters. The van der Waals surface area contributed by atoms with Crippen molar-refractivity contribution >= 4 is 37.5 Å². The van der Waals surface area contributed by atoms with Crippen molar-refractivity contribution in [2.24, 2.45) is 0 Å². The molecule has 0 unspecified atom stereocenters. The number of carbonyl (C=O) groups is 2. The Balaban J connectivity index is 1.94. The lowest BCUT2D eigenvalue weighted by molar-refractivity contribution is -0.124. The molecule has 0 bridgehead atoms. The molecule has 164 valence electrons. The molecule has 0 aliphatic rings. The highest BCUT2D eigenvalue weighted by Crippen LogP contribution is 2.13. The molecule has 2 aromatic rings. The molecule has 0 fully saturated rings. The lowest BCUT2D eigenvalue weighted by Crippen LogP contribution is -2.26. The van der Waals surface area contributed by atoms with Crippen molar-refractivity contribution in [1.29, 1.82) is 0 Å². The van der Waals surface area contributed by atoms with Crippen molar-refractivity contribution < 1.29 is 40.3 Å². The summed E-state index contributed by atoms with van der Waals surface area (Å²) in [6.45, 7) is 0. The fourth-order valence-electron chi connectivity index (χ4n) is 2.68. The molecular weight excluding hydrogens is 448 g/mol. The Hall–Kier alpha value is -3.02. The maximum absolute atomic E-state index is 12.2. The number of Topliss-reactive ketones (excluding diaryl/α,β-unsaturated/α-hetero) is 2. The summed E-state index contributed by atoms with van der Waals surface area (Å²) >= 11 is 0. The Kier molecular flexibility index (Phi) is 7.71. The summed E-state index contributed by atoms with van der Waals surface area (Å²) in [6, 6.07) is 10.3. The van der Waals surface area contributed by atoms with E-state index >= 15 is 0 Å². The summed E-state index contributed by atoms with van der Waals surface area (Å²) in [4.78, 5) is 26.7. The number of benzene rings is 2. The average Bonchev–Trinajstić information content (AvgIpc) is 2.70. The summed E-state index contributed by atoms with van der Waals surface area (Å²) in [7, 11) is -8.65. The Morgan fingerprint density at radius 1 is 0.710 bits per heavy atom. The molecule has 0 amide bonds. The van der Waals surface area contributed by atoms with Gasteiger partial charge in [0.15, 0.2) is 0 Å². The monoisotopic (exact) mass is 466 g/mol. The number of hydrogen-bond donors (Lipinski definition) is 2. The lowest BCUT2D eigenvalue weighted by atomic mass is 9.99. The van der Waals surface area contributed by atoms with Crippen molar-refractivity contribution in [2.75, 3.05) is 0 Å². The number of nitrogens with zero attached hydrogens (tertiary/aromatic N) is 2. The van der Waals surface area contributed by atoms with Gasteiger partial charge in [0.05, 0.1) is 9.79 Å². The second kappa shape index (κ2) is 9.86. The second-order valence-electron chi connectivity index (χ2n) is 6.53. The van der Waals surface area contributed by atoms with E-state index in [1.54, 1.807) is 0 Å². The van der Waals surface area contributed by atoms with Gasteiger partial charge in [-0.2, -0.15) is 21.6 Å². The summed E-state index contributed by atoms with van der Waals surface area (Å²) < 4.78 is 62.0. The van der Waals surface area contributed by atoms with E-state index in [4.69, 9.17) is 14.6 Å². The third-order valence-corrected chi connectivity index (χ3v) is 6.09. The van der Waals surface area contributed by atoms with Gasteiger partial charge in [-0.3, -0.25) is 18.7 Å². The van der Waals surface area contributed by atoms with Gasteiger partial charge >= 0.3 is 5.71 Å². The molecule has 10 nitrogen and oxygen atoms in total. The minimum atomic E-state index is -4.32. The molecule has 2 aromatic carbocycles. The van der Waals surface area contributed by atoms with Crippen LogP contribution in [0.3, 0.4) is 0 Å². The molecule has 0 aromatic heterocycles. The normalized spacial score (nSPS) is 11.5. The SMILES string of the molecule is [N-]=[N+]=C(C(=O)CCc1ccc(S(=O)(=O)O)cc1)C(=O)CCc1ccc(S(=O)(=O)O)cc1. The Morgan fingerprint density at radius 2 is 1.03 bits per heavy atom. The van der Waals surface area contributed by atoms with Gasteiger partial charge in [0.2, 0.25) is 11.6 Å². The van der Waals surface area contributed by atoms with E-state index < -0.39 is 37.5 Å². The topological polar surface area (TPSA) is 179 Å². The quantitative estimate of drug-likeness (QED) is 0.174. The number of hydrogen-bond acceptors (Lipinski definition) is 6. The van der Waals surface area contributed by atoms with Crippen molar-refractivity contribution in [3.05, 3.63) is 65.2 Å². The average molecular weight is 466 g/mol. The van der Waals surface area contributed by atoms with Crippen molar-refractivity contribution in [3.63, 3.8) is 0 Å². The first-order valence-electron chi connectivity index (χ1n) is 8.83. The van der Waals surface area contributed by atoms with Gasteiger partial charge in [0.25, 0.3) is 20.2 Å². The van der Waals surface area contributed by atoms with Crippen LogP contribution in [0.4, 0.5) is 0 Å². The lowest BCUT2D eigenvalue weighted by Gasteiger charge is -2.02. The third-order valence-electron chi connectivity index (χ3n) is 4.35. The fraction of sp³-hybridized carbons (Fsp3) is 0.211. The van der Waals surface area contributed by atoms with Crippen LogP contribution in [0.1, 0.15) is 24.0 Å². The summed E-state index contributed by atoms with van der Waals surface area (Å²) in [5.41, 5.74) is 9.60. The first kappa shape index (κ1) is 24.3. The Morgan fingerprint density at radius 3 is 1.29 bits per heavy atom. The molecule has 0 heterocycles. The van der Waals surface area contributed by atoms with Crippen molar-refractivity contribution in [1.82, 2.24) is 0 Å². The highest BCUT2D eigenvalue weighted by molar-refractivity contribution is 7.86. The van der Waals surface area contributed by atoms with E-state index in [-0.39, 0.29) is 35.5 Å². The predicted octanol–water partition coefficient (Wildman–Crippen LogP) is 1.55. The number of rotatable bonds is 10. The zero-order chi connectivity index (χ0) is 23.2. The van der Waals surface area contributed by atoms with Gasteiger partial charge in [-0.15, -0.1) is 0 Å². The molecule has 0 saturated carbocycles. The maximum Gasteiger partial charge on any atom is 0.400 e. The van der Waals surface area contributed by atoms with Crippen LogP contribution in [0.15, 0.2) is 58.3 Å². The molecule has 0 radical (unpaired) electrons. The zero-order valence-electron chi connectivity index (χ0n) is 16.0. The molecule has 12 heteroatoms. The summed E-state index contributed by atoms with van der Waals surface area (Å²) in [5.74, 6) is -1.40. The fourth-order valence-corrected chi connectivity index (χ4v) is 3.64. The van der Waals surface area contributed by atoms with Crippen LogP contribution in [0.25, 0.3) is 5.53 Å². The van der Waals surface area contributed by atoms with Gasteiger partial charge in [0, 0.05) is 12.8 Å². The molecule has 0 aliphatic carbocycles. The number of ketones is 2. The second-order valence-corrected chi connectivity index (χ2v) is 9.38. The van der Waals surface area contributed by atoms with Gasteiger partial charge in [-0.05, 0) is 48.2 Å². The van der Waals surface area contributed by atoms with Crippen LogP contribution in [-0.2, 0) is 42.7 Å². The van der Waals surface area contributed by atoms with Crippen LogP contribution < -0.4 is 0 Å². The first-order chi connectivity index (χ1) is 14.4. The molecule has 2 rings (SSSR count). The van der Waals surface area contributed by atoms with Gasteiger partial charge in [0.1, 0.15) is 0 Å². The maximum atomic E-state index is 12.2. The highest BCUT2D eigenvalue weighted by Gasteiger charge is 2.28. The molecular formula is C19H18N2O8S2. The van der Waals surface area contributed by atoms with Crippen molar-refractivity contribution in [3.8, 4) is 0 Å². The van der Waals surface area contributed by atoms with Gasteiger partial charge in [-0.25, -0.2) is 0 Å². The van der Waals surface area contributed by atoms with Crippen LogP contribution in [-0.4, -0.2) is 48.0 Å². The van der Waals surface area contributed by atoms with Crippen LogP contribution in [0, 0.1) is 0 Å². The van der Waals surface area contributed by atoms with E-state index in [0.29, 0.717) is 11.1 Å². The predicted molar refractivity (Wildman–Crippen MR) is 108 cm³/mol. The molecule has 2 N–H and O–H groups in total. The number of carbonyl (C=O) groups excluding carboxylic acids is 2. The molecule has 0 saturated heterocycles. The summed E-state index contributed by atoms with van der Waals surface area (Å²) in [5, 5.41) is 0. The highest BCUT2D eigenvalue weighted by atomic mass is 32.2. The van der Waals surface area contributed by atoms with Gasteiger partial charge in [-0.1, -0.05) is 24.3 Å². The Labute approximate surface area is 178 Å². The van der Waals surface area contributed by atoms with E-state index in [9.17, 15) is 26.4 Å². The number of aryl methyl sites for hydroxylation is 2. The van der Waals surface area contributed by atoms with Crippen LogP contribution in [0.2, 0.25) is 0 Å². The van der Waals surface area contributed by atoms with Crippen molar-refractivity contribution in [2.45, 2.75) is 35.5 Å². The third kappa shape index (κ3) is 7.02. The molecule has 0 spiro atoms. The van der Waals surface area contributed by atoms with E-state index in [1.165, 1.54) is 48.5 Å². The van der Waals surface area contributed by atoms with Crippen LogP contribution in [0.5, 0.6) is 0 Å². The van der Waals surface area contributed by atoms with E-state index in [0.717, 1.165) is 0 Å². The summed E-state index contributed by atoms with van der Waals surface area (Å²) in [6.07, 6.45) is -0.0409. The Bertz CT molecular complexity index is 1150.